The molecule has 0 fully saturated rings. The van der Waals surface area contributed by atoms with Gasteiger partial charge in [-0.1, -0.05) is 30.3 Å². The van der Waals surface area contributed by atoms with Crippen molar-refractivity contribution in [2.45, 2.75) is 19.4 Å². The van der Waals surface area contributed by atoms with Gasteiger partial charge >= 0.3 is 0 Å². The Balaban J connectivity index is 1.57. The van der Waals surface area contributed by atoms with Gasteiger partial charge in [0.2, 0.25) is 11.8 Å². The van der Waals surface area contributed by atoms with Gasteiger partial charge in [0.15, 0.2) is 0 Å². The third-order valence-electron chi connectivity index (χ3n) is 3.46. The molecule has 3 N–H and O–H groups in total. The number of hydrogen-bond donors (Lipinski definition) is 2. The molecular weight excluding hydrogens is 354 g/mol. The van der Waals surface area contributed by atoms with E-state index in [9.17, 15) is 9.59 Å². The van der Waals surface area contributed by atoms with E-state index in [0.717, 1.165) is 26.0 Å². The van der Waals surface area contributed by atoms with E-state index in [4.69, 9.17) is 5.73 Å². The van der Waals surface area contributed by atoms with Crippen LogP contribution in [0, 0.1) is 0 Å². The third-order valence-corrected chi connectivity index (χ3v) is 5.42. The van der Waals surface area contributed by atoms with E-state index in [-0.39, 0.29) is 24.7 Å². The highest BCUT2D eigenvalue weighted by atomic mass is 32.1. The van der Waals surface area contributed by atoms with Crippen LogP contribution in [0.3, 0.4) is 0 Å². The second-order valence-corrected chi connectivity index (χ2v) is 7.59. The lowest BCUT2D eigenvalue weighted by atomic mass is 10.2. The molecule has 0 spiro atoms. The van der Waals surface area contributed by atoms with E-state index in [2.05, 4.69) is 10.3 Å². The van der Waals surface area contributed by atoms with E-state index in [0.29, 0.717) is 6.54 Å². The number of thiophene rings is 1. The smallest absolute Gasteiger partial charge is 0.227 e. The van der Waals surface area contributed by atoms with Crippen LogP contribution in [0.1, 0.15) is 15.4 Å². The molecule has 0 atom stereocenters. The summed E-state index contributed by atoms with van der Waals surface area (Å²) in [5, 5.41) is 5.60. The number of hydrogen-bond acceptors (Lipinski definition) is 5. The minimum Gasteiger partial charge on any atom is -0.369 e. The highest BCUT2D eigenvalue weighted by Gasteiger charge is 2.11. The molecule has 25 heavy (non-hydrogen) atoms. The van der Waals surface area contributed by atoms with Crippen molar-refractivity contribution in [1.29, 1.82) is 0 Å². The molecule has 3 aromatic rings. The highest BCUT2D eigenvalue weighted by Crippen LogP contribution is 2.29. The normalized spacial score (nSPS) is 10.6. The van der Waals surface area contributed by atoms with Gasteiger partial charge in [0.05, 0.1) is 23.4 Å². The van der Waals surface area contributed by atoms with Gasteiger partial charge in [-0.3, -0.25) is 9.59 Å². The Hall–Kier alpha value is -2.51. The van der Waals surface area contributed by atoms with Gasteiger partial charge in [-0.05, 0) is 17.7 Å². The van der Waals surface area contributed by atoms with E-state index >= 15 is 0 Å². The molecule has 0 aliphatic heterocycles. The molecule has 0 saturated heterocycles. The van der Waals surface area contributed by atoms with Crippen LogP contribution in [0.4, 0.5) is 0 Å². The molecule has 7 heteroatoms. The molecular formula is C18H17N3O2S2. The summed E-state index contributed by atoms with van der Waals surface area (Å²) >= 11 is 2.96. The van der Waals surface area contributed by atoms with Gasteiger partial charge < -0.3 is 11.1 Å². The largest absolute Gasteiger partial charge is 0.369 e. The molecule has 0 bridgehead atoms. The fourth-order valence-electron chi connectivity index (χ4n) is 2.28. The zero-order chi connectivity index (χ0) is 17.6. The summed E-state index contributed by atoms with van der Waals surface area (Å²) in [7, 11) is 0. The minimum atomic E-state index is -0.345. The Morgan fingerprint density at radius 1 is 1.08 bits per heavy atom. The average molecular weight is 371 g/mol. The second kappa shape index (κ2) is 8.04. The summed E-state index contributed by atoms with van der Waals surface area (Å²) in [6.45, 7) is 0.513. The molecule has 2 heterocycles. The number of carbonyl (C=O) groups excluding carboxylic acids is 2. The van der Waals surface area contributed by atoms with Gasteiger partial charge in [0.25, 0.3) is 0 Å². The zero-order valence-corrected chi connectivity index (χ0v) is 15.0. The number of primary amides is 1. The fourth-order valence-corrected chi connectivity index (χ4v) is 4.13. The average Bonchev–Trinajstić information content (AvgIpc) is 3.23. The van der Waals surface area contributed by atoms with Crippen molar-refractivity contribution >= 4 is 34.5 Å². The zero-order valence-electron chi connectivity index (χ0n) is 13.4. The van der Waals surface area contributed by atoms with Crippen LogP contribution in [-0.4, -0.2) is 16.8 Å². The van der Waals surface area contributed by atoms with Crippen molar-refractivity contribution in [3.05, 3.63) is 63.3 Å². The molecule has 0 radical (unpaired) electrons. The molecule has 128 valence electrons. The monoisotopic (exact) mass is 371 g/mol. The predicted molar refractivity (Wildman–Crippen MR) is 100 cm³/mol. The Morgan fingerprint density at radius 3 is 2.64 bits per heavy atom. The van der Waals surface area contributed by atoms with Crippen LogP contribution in [0.5, 0.6) is 0 Å². The summed E-state index contributed by atoms with van der Waals surface area (Å²) < 4.78 is 0. The SMILES string of the molecule is NC(=O)Cc1ccc(-c2csc(CC(=O)NCc3ccccc3)n2)s1. The molecule has 2 aromatic heterocycles. The molecule has 0 aliphatic rings. The van der Waals surface area contributed by atoms with Crippen LogP contribution >= 0.6 is 22.7 Å². The number of nitrogens with zero attached hydrogens (tertiary/aromatic N) is 1. The second-order valence-electron chi connectivity index (χ2n) is 5.47. The molecule has 5 nitrogen and oxygen atoms in total. The Kier molecular flexibility index (Phi) is 5.57. The van der Waals surface area contributed by atoms with Gasteiger partial charge in [-0.25, -0.2) is 4.98 Å². The minimum absolute atomic E-state index is 0.0506. The standard InChI is InChI=1S/C18H17N3O2S2/c19-16(22)8-13-6-7-15(25-13)14-11-24-18(21-14)9-17(23)20-10-12-4-2-1-3-5-12/h1-7,11H,8-10H2,(H2,19,22)(H,20,23). The summed E-state index contributed by atoms with van der Waals surface area (Å²) in [4.78, 5) is 29.4. The van der Waals surface area contributed by atoms with Crippen molar-refractivity contribution in [2.24, 2.45) is 5.73 Å². The molecule has 1 aromatic carbocycles. The first-order chi connectivity index (χ1) is 12.1. The quantitative estimate of drug-likeness (QED) is 0.670. The third kappa shape index (κ3) is 4.98. The van der Waals surface area contributed by atoms with Crippen molar-refractivity contribution in [2.75, 3.05) is 0 Å². The van der Waals surface area contributed by atoms with E-state index in [1.54, 1.807) is 0 Å². The van der Waals surface area contributed by atoms with Crippen LogP contribution in [0.25, 0.3) is 10.6 Å². The first-order valence-corrected chi connectivity index (χ1v) is 9.42. The summed E-state index contributed by atoms with van der Waals surface area (Å²) in [5.74, 6) is -0.396. The van der Waals surface area contributed by atoms with Gasteiger partial charge in [0, 0.05) is 16.8 Å². The first-order valence-electron chi connectivity index (χ1n) is 7.72. The molecule has 0 unspecified atom stereocenters. The van der Waals surface area contributed by atoms with E-state index in [1.807, 2.05) is 47.8 Å². The molecule has 0 saturated carbocycles. The maximum Gasteiger partial charge on any atom is 0.227 e. The summed E-state index contributed by atoms with van der Waals surface area (Å²) in [6, 6.07) is 13.6. The Morgan fingerprint density at radius 2 is 1.88 bits per heavy atom. The topological polar surface area (TPSA) is 85.1 Å². The van der Waals surface area contributed by atoms with Crippen LogP contribution in [0.2, 0.25) is 0 Å². The predicted octanol–water partition coefficient (Wildman–Crippen LogP) is 2.76. The number of benzene rings is 1. The maximum absolute atomic E-state index is 12.1. The van der Waals surface area contributed by atoms with Gasteiger partial charge in [-0.2, -0.15) is 0 Å². The van der Waals surface area contributed by atoms with Crippen molar-refractivity contribution in [3.8, 4) is 10.6 Å². The Bertz CT molecular complexity index is 871. The van der Waals surface area contributed by atoms with Crippen molar-refractivity contribution in [3.63, 3.8) is 0 Å². The molecule has 3 rings (SSSR count). The maximum atomic E-state index is 12.1. The number of carbonyl (C=O) groups is 2. The van der Waals surface area contributed by atoms with Crippen molar-refractivity contribution < 1.29 is 9.59 Å². The van der Waals surface area contributed by atoms with E-state index < -0.39 is 0 Å². The highest BCUT2D eigenvalue weighted by molar-refractivity contribution is 7.16. The number of rotatable bonds is 7. The lowest BCUT2D eigenvalue weighted by Crippen LogP contribution is -2.24. The summed E-state index contributed by atoms with van der Waals surface area (Å²) in [6.07, 6.45) is 0.501. The number of aromatic nitrogens is 1. The van der Waals surface area contributed by atoms with Crippen molar-refractivity contribution in [1.82, 2.24) is 10.3 Å². The van der Waals surface area contributed by atoms with Crippen LogP contribution < -0.4 is 11.1 Å². The number of thiazole rings is 1. The van der Waals surface area contributed by atoms with E-state index in [1.165, 1.54) is 22.7 Å². The Labute approximate surface area is 153 Å². The number of nitrogens with two attached hydrogens (primary N) is 1. The molecule has 2 amide bonds. The van der Waals surface area contributed by atoms with Gasteiger partial charge in [-0.15, -0.1) is 22.7 Å². The van der Waals surface area contributed by atoms with Crippen LogP contribution in [0.15, 0.2) is 47.8 Å². The molecule has 0 aliphatic carbocycles. The lowest BCUT2D eigenvalue weighted by molar-refractivity contribution is -0.120. The lowest BCUT2D eigenvalue weighted by Gasteiger charge is -2.03. The summed E-state index contributed by atoms with van der Waals surface area (Å²) in [5.41, 5.74) is 7.11. The number of amides is 2. The fraction of sp³-hybridized carbons (Fsp3) is 0.167. The number of nitrogens with one attached hydrogen (secondary N) is 1. The van der Waals surface area contributed by atoms with Gasteiger partial charge in [0.1, 0.15) is 5.01 Å². The first kappa shape index (κ1) is 17.3. The van der Waals surface area contributed by atoms with Crippen LogP contribution in [-0.2, 0) is 29.0 Å².